The van der Waals surface area contributed by atoms with E-state index < -0.39 is 0 Å². The van der Waals surface area contributed by atoms with Gasteiger partial charge >= 0.3 is 0 Å². The molecule has 2 saturated heterocycles. The Morgan fingerprint density at radius 2 is 2.19 bits per heavy atom. The van der Waals surface area contributed by atoms with Crippen molar-refractivity contribution in [2.45, 2.75) is 32.2 Å². The van der Waals surface area contributed by atoms with Gasteiger partial charge in [-0.25, -0.2) is 4.98 Å². The molecule has 3 heterocycles. The number of nitrogens with zero attached hydrogens (tertiary/aromatic N) is 3. The molecular weight excluding hydrogens is 264 g/mol. The van der Waals surface area contributed by atoms with Gasteiger partial charge < -0.3 is 10.2 Å². The molecule has 0 radical (unpaired) electrons. The monoisotopic (exact) mass is 288 g/mol. The van der Waals surface area contributed by atoms with Crippen LogP contribution in [0, 0.1) is 0 Å². The second-order valence-electron chi connectivity index (χ2n) is 5.88. The van der Waals surface area contributed by atoms with Crippen LogP contribution in [0.5, 0.6) is 0 Å². The Kier molecular flexibility index (Phi) is 4.39. The molecule has 2 fully saturated rings. The highest BCUT2D eigenvalue weighted by atomic mass is 16.2. The third-order valence-electron chi connectivity index (χ3n) is 4.42. The number of anilines is 1. The maximum absolute atomic E-state index is 12.7. The van der Waals surface area contributed by atoms with Gasteiger partial charge in [-0.05, 0) is 44.9 Å². The van der Waals surface area contributed by atoms with Crippen molar-refractivity contribution < 1.29 is 4.79 Å². The number of pyridine rings is 1. The molecule has 21 heavy (non-hydrogen) atoms. The molecule has 0 spiro atoms. The Balaban J connectivity index is 1.73. The summed E-state index contributed by atoms with van der Waals surface area (Å²) in [5, 5.41) is 3.16. The van der Waals surface area contributed by atoms with Crippen LogP contribution in [0.25, 0.3) is 0 Å². The van der Waals surface area contributed by atoms with Crippen molar-refractivity contribution in [2.24, 2.45) is 0 Å². The van der Waals surface area contributed by atoms with Gasteiger partial charge in [-0.2, -0.15) is 0 Å². The first-order valence-corrected chi connectivity index (χ1v) is 8.02. The van der Waals surface area contributed by atoms with Gasteiger partial charge in [0, 0.05) is 32.2 Å². The van der Waals surface area contributed by atoms with Crippen molar-refractivity contribution >= 4 is 11.7 Å². The summed E-state index contributed by atoms with van der Waals surface area (Å²) in [5.74, 6) is 0.851. The van der Waals surface area contributed by atoms with E-state index in [1.165, 1.54) is 19.4 Å². The van der Waals surface area contributed by atoms with Gasteiger partial charge in [0.1, 0.15) is 11.5 Å². The lowest BCUT2D eigenvalue weighted by Crippen LogP contribution is -2.40. The van der Waals surface area contributed by atoms with E-state index in [4.69, 9.17) is 0 Å². The van der Waals surface area contributed by atoms with Crippen LogP contribution in [0.4, 0.5) is 5.82 Å². The van der Waals surface area contributed by atoms with E-state index in [1.807, 2.05) is 30.0 Å². The van der Waals surface area contributed by atoms with Gasteiger partial charge in [-0.15, -0.1) is 0 Å². The maximum Gasteiger partial charge on any atom is 0.272 e. The molecule has 1 unspecified atom stereocenters. The van der Waals surface area contributed by atoms with Gasteiger partial charge in [0.15, 0.2) is 0 Å². The Labute approximate surface area is 126 Å². The van der Waals surface area contributed by atoms with E-state index in [1.54, 1.807) is 0 Å². The highest BCUT2D eigenvalue weighted by Gasteiger charge is 2.31. The number of nitrogens with one attached hydrogen (secondary N) is 1. The first kappa shape index (κ1) is 14.3. The van der Waals surface area contributed by atoms with Crippen molar-refractivity contribution in [1.82, 2.24) is 14.8 Å². The summed E-state index contributed by atoms with van der Waals surface area (Å²) in [6, 6.07) is 6.17. The maximum atomic E-state index is 12.7. The number of hydrogen-bond acceptors (Lipinski definition) is 4. The first-order valence-electron chi connectivity index (χ1n) is 8.02. The fraction of sp³-hybridized carbons (Fsp3) is 0.625. The van der Waals surface area contributed by atoms with E-state index in [9.17, 15) is 4.79 Å². The molecular formula is C16H24N4O. The number of amides is 1. The minimum atomic E-state index is 0.0727. The summed E-state index contributed by atoms with van der Waals surface area (Å²) >= 11 is 0. The Morgan fingerprint density at radius 3 is 3.05 bits per heavy atom. The molecule has 1 atom stereocenters. The summed E-state index contributed by atoms with van der Waals surface area (Å²) in [6.45, 7) is 6.86. The number of carbonyl (C=O) groups excluding carboxylic acids is 1. The number of hydrogen-bond donors (Lipinski definition) is 1. The molecule has 1 aromatic heterocycles. The minimum absolute atomic E-state index is 0.0727. The molecule has 2 aliphatic rings. The summed E-state index contributed by atoms with van der Waals surface area (Å²) in [4.78, 5) is 21.7. The van der Waals surface area contributed by atoms with E-state index in [-0.39, 0.29) is 5.91 Å². The van der Waals surface area contributed by atoms with Crippen LogP contribution in [0.1, 0.15) is 36.7 Å². The molecule has 1 amide bonds. The molecule has 1 N–H and O–H groups in total. The summed E-state index contributed by atoms with van der Waals surface area (Å²) < 4.78 is 0. The van der Waals surface area contributed by atoms with Crippen LogP contribution >= 0.6 is 0 Å². The normalized spacial score (nSPS) is 22.7. The SMILES string of the molecule is CCNc1cccc(C(=O)N2CCCN3CCCC3C2)n1. The zero-order chi connectivity index (χ0) is 14.7. The van der Waals surface area contributed by atoms with E-state index in [0.29, 0.717) is 11.7 Å². The average Bonchev–Trinajstić information content (AvgIpc) is 2.84. The van der Waals surface area contributed by atoms with Crippen LogP contribution in [0.3, 0.4) is 0 Å². The number of aromatic nitrogens is 1. The third-order valence-corrected chi connectivity index (χ3v) is 4.42. The predicted octanol–water partition coefficient (Wildman–Crippen LogP) is 1.82. The number of fused-ring (bicyclic) bond motifs is 1. The summed E-state index contributed by atoms with van der Waals surface area (Å²) in [6.07, 6.45) is 3.55. The zero-order valence-electron chi connectivity index (χ0n) is 12.7. The molecule has 1 aromatic rings. The van der Waals surface area contributed by atoms with Gasteiger partial charge in [0.25, 0.3) is 5.91 Å². The average molecular weight is 288 g/mol. The molecule has 0 aliphatic carbocycles. The number of rotatable bonds is 3. The van der Waals surface area contributed by atoms with Crippen LogP contribution in [-0.2, 0) is 0 Å². The highest BCUT2D eigenvalue weighted by Crippen LogP contribution is 2.22. The standard InChI is InChI=1S/C16H24N4O/c1-2-17-15-8-3-7-14(18-15)16(21)20-11-5-10-19-9-4-6-13(19)12-20/h3,7-8,13H,2,4-6,9-12H2,1H3,(H,17,18). The van der Waals surface area contributed by atoms with Crippen LogP contribution in [-0.4, -0.2) is 59.5 Å². The third kappa shape index (κ3) is 3.18. The Bertz CT molecular complexity index is 505. The lowest BCUT2D eigenvalue weighted by Gasteiger charge is -2.25. The smallest absolute Gasteiger partial charge is 0.272 e. The summed E-state index contributed by atoms with van der Waals surface area (Å²) in [7, 11) is 0. The quantitative estimate of drug-likeness (QED) is 0.922. The van der Waals surface area contributed by atoms with Crippen molar-refractivity contribution in [3.63, 3.8) is 0 Å². The zero-order valence-corrected chi connectivity index (χ0v) is 12.7. The van der Waals surface area contributed by atoms with Gasteiger partial charge in [0.2, 0.25) is 0 Å². The van der Waals surface area contributed by atoms with E-state index in [0.717, 1.165) is 38.4 Å². The van der Waals surface area contributed by atoms with E-state index in [2.05, 4.69) is 15.2 Å². The Morgan fingerprint density at radius 1 is 1.33 bits per heavy atom. The van der Waals surface area contributed by atoms with Gasteiger partial charge in [-0.3, -0.25) is 9.69 Å². The summed E-state index contributed by atoms with van der Waals surface area (Å²) in [5.41, 5.74) is 0.555. The lowest BCUT2D eigenvalue weighted by atomic mass is 10.2. The fourth-order valence-electron chi connectivity index (χ4n) is 3.39. The Hall–Kier alpha value is -1.62. The first-order chi connectivity index (χ1) is 10.3. The topological polar surface area (TPSA) is 48.5 Å². The molecule has 3 rings (SSSR count). The van der Waals surface area contributed by atoms with Crippen LogP contribution < -0.4 is 5.32 Å². The predicted molar refractivity (Wildman–Crippen MR) is 83.5 cm³/mol. The molecule has 0 aromatic carbocycles. The molecule has 0 bridgehead atoms. The second kappa shape index (κ2) is 6.43. The van der Waals surface area contributed by atoms with Crippen LogP contribution in [0.2, 0.25) is 0 Å². The highest BCUT2D eigenvalue weighted by molar-refractivity contribution is 5.92. The van der Waals surface area contributed by atoms with E-state index >= 15 is 0 Å². The number of carbonyl (C=O) groups is 1. The van der Waals surface area contributed by atoms with Crippen molar-refractivity contribution in [2.75, 3.05) is 38.0 Å². The molecule has 5 heteroatoms. The van der Waals surface area contributed by atoms with Crippen LogP contribution in [0.15, 0.2) is 18.2 Å². The largest absolute Gasteiger partial charge is 0.370 e. The van der Waals surface area contributed by atoms with Crippen molar-refractivity contribution in [3.05, 3.63) is 23.9 Å². The fourth-order valence-corrected chi connectivity index (χ4v) is 3.39. The molecule has 5 nitrogen and oxygen atoms in total. The second-order valence-corrected chi connectivity index (χ2v) is 5.88. The van der Waals surface area contributed by atoms with Gasteiger partial charge in [-0.1, -0.05) is 6.07 Å². The van der Waals surface area contributed by atoms with Crippen molar-refractivity contribution in [3.8, 4) is 0 Å². The lowest BCUT2D eigenvalue weighted by molar-refractivity contribution is 0.0737. The minimum Gasteiger partial charge on any atom is -0.370 e. The molecule has 0 saturated carbocycles. The molecule has 2 aliphatic heterocycles. The van der Waals surface area contributed by atoms with Crippen molar-refractivity contribution in [1.29, 1.82) is 0 Å². The van der Waals surface area contributed by atoms with Gasteiger partial charge in [0.05, 0.1) is 0 Å². The molecule has 114 valence electrons.